The number of hydrogen-bond acceptors (Lipinski definition) is 6. The predicted molar refractivity (Wildman–Crippen MR) is 84.0 cm³/mol. The van der Waals surface area contributed by atoms with Crippen LogP contribution in [0.25, 0.3) is 0 Å². The molecule has 0 bridgehead atoms. The molecular formula is C13H15BrN6O. The van der Waals surface area contributed by atoms with Gasteiger partial charge in [0.2, 0.25) is 0 Å². The van der Waals surface area contributed by atoms with Gasteiger partial charge in [0.25, 0.3) is 5.91 Å². The second-order valence-corrected chi connectivity index (χ2v) is 5.01. The zero-order valence-corrected chi connectivity index (χ0v) is 12.7. The lowest BCUT2D eigenvalue weighted by Crippen LogP contribution is -2.40. The number of carbonyl (C=O) groups is 1. The summed E-state index contributed by atoms with van der Waals surface area (Å²) in [7, 11) is 0. The number of nitrogens with zero attached hydrogens (tertiary/aromatic N) is 2. The van der Waals surface area contributed by atoms with E-state index in [0.29, 0.717) is 24.5 Å². The van der Waals surface area contributed by atoms with Crippen LogP contribution in [0, 0.1) is 0 Å². The molecule has 1 aromatic carbocycles. The smallest absolute Gasteiger partial charge is 0.270 e. The predicted octanol–water partition coefficient (Wildman–Crippen LogP) is 1.18. The van der Waals surface area contributed by atoms with E-state index in [4.69, 9.17) is 5.73 Å². The van der Waals surface area contributed by atoms with Gasteiger partial charge in [-0.15, -0.1) is 0 Å². The molecule has 0 aliphatic carbocycles. The maximum absolute atomic E-state index is 12.1. The average molecular weight is 351 g/mol. The maximum atomic E-state index is 12.1. The average Bonchev–Trinajstić information content (AvgIpc) is 2.48. The molecule has 2 rings (SSSR count). The minimum absolute atomic E-state index is 0.332. The standard InChI is InChI=1S/C13H15BrN6O/c14-9-2-1-3-10(6-9)19-12-11(7-16-8-17-12)13(21)20-18-5-4-15/h1-3,6-8,18H,4-5,15H2,(H,20,21)(H,16,17,19). The molecule has 1 heterocycles. The number of nitrogens with two attached hydrogens (primary N) is 1. The highest BCUT2D eigenvalue weighted by atomic mass is 79.9. The molecule has 1 amide bonds. The van der Waals surface area contributed by atoms with Crippen LogP contribution in [0.15, 0.2) is 41.3 Å². The third kappa shape index (κ3) is 4.48. The Labute approximate surface area is 130 Å². The van der Waals surface area contributed by atoms with Gasteiger partial charge < -0.3 is 11.1 Å². The minimum Gasteiger partial charge on any atom is -0.339 e. The van der Waals surface area contributed by atoms with Gasteiger partial charge in [0.1, 0.15) is 17.7 Å². The number of halogens is 1. The molecule has 1 aromatic heterocycles. The van der Waals surface area contributed by atoms with Crippen LogP contribution in [-0.2, 0) is 0 Å². The summed E-state index contributed by atoms with van der Waals surface area (Å²) in [6.07, 6.45) is 2.83. The molecule has 21 heavy (non-hydrogen) atoms. The number of amides is 1. The SMILES string of the molecule is NCCNNC(=O)c1cncnc1Nc1cccc(Br)c1. The minimum atomic E-state index is -0.332. The molecular weight excluding hydrogens is 336 g/mol. The Bertz CT molecular complexity index is 621. The molecule has 0 aliphatic rings. The van der Waals surface area contributed by atoms with Gasteiger partial charge in [-0.05, 0) is 18.2 Å². The Morgan fingerprint density at radius 1 is 1.38 bits per heavy atom. The first-order valence-electron chi connectivity index (χ1n) is 6.26. The summed E-state index contributed by atoms with van der Waals surface area (Å²) in [5.74, 6) is 0.0942. The van der Waals surface area contributed by atoms with E-state index in [9.17, 15) is 4.79 Å². The van der Waals surface area contributed by atoms with Crippen LogP contribution in [0.2, 0.25) is 0 Å². The van der Waals surface area contributed by atoms with Crippen molar-refractivity contribution in [1.29, 1.82) is 0 Å². The van der Waals surface area contributed by atoms with Crippen LogP contribution in [0.3, 0.4) is 0 Å². The summed E-state index contributed by atoms with van der Waals surface area (Å²) in [6, 6.07) is 7.56. The van der Waals surface area contributed by atoms with Gasteiger partial charge in [0, 0.05) is 29.4 Å². The number of hydrazine groups is 1. The first kappa shape index (κ1) is 15.4. The van der Waals surface area contributed by atoms with Crippen molar-refractivity contribution >= 4 is 33.3 Å². The van der Waals surface area contributed by atoms with Crippen LogP contribution in [-0.4, -0.2) is 29.0 Å². The zero-order chi connectivity index (χ0) is 15.1. The highest BCUT2D eigenvalue weighted by Crippen LogP contribution is 2.21. The van der Waals surface area contributed by atoms with Gasteiger partial charge in [-0.25, -0.2) is 15.4 Å². The summed E-state index contributed by atoms with van der Waals surface area (Å²) in [6.45, 7) is 0.905. The molecule has 0 aliphatic heterocycles. The van der Waals surface area contributed by atoms with Gasteiger partial charge in [-0.3, -0.25) is 10.2 Å². The summed E-state index contributed by atoms with van der Waals surface area (Å²) >= 11 is 3.39. The normalized spacial score (nSPS) is 10.2. The molecule has 0 fully saturated rings. The molecule has 0 atom stereocenters. The molecule has 0 radical (unpaired) electrons. The maximum Gasteiger partial charge on any atom is 0.270 e. The van der Waals surface area contributed by atoms with Crippen molar-refractivity contribution in [2.24, 2.45) is 5.73 Å². The number of aromatic nitrogens is 2. The van der Waals surface area contributed by atoms with E-state index in [1.54, 1.807) is 0 Å². The van der Waals surface area contributed by atoms with Crippen LogP contribution in [0.1, 0.15) is 10.4 Å². The molecule has 8 heteroatoms. The van der Waals surface area contributed by atoms with Crippen molar-refractivity contribution in [3.8, 4) is 0 Å². The van der Waals surface area contributed by atoms with E-state index >= 15 is 0 Å². The quantitative estimate of drug-likeness (QED) is 0.460. The van der Waals surface area contributed by atoms with Crippen molar-refractivity contribution in [3.05, 3.63) is 46.8 Å². The fraction of sp³-hybridized carbons (Fsp3) is 0.154. The first-order valence-corrected chi connectivity index (χ1v) is 7.06. The number of nitrogens with one attached hydrogen (secondary N) is 3. The van der Waals surface area contributed by atoms with E-state index in [1.807, 2.05) is 24.3 Å². The van der Waals surface area contributed by atoms with E-state index in [1.165, 1.54) is 12.5 Å². The molecule has 0 spiro atoms. The highest BCUT2D eigenvalue weighted by molar-refractivity contribution is 9.10. The summed E-state index contributed by atoms with van der Waals surface area (Å²) in [5, 5.41) is 3.09. The van der Waals surface area contributed by atoms with Crippen LogP contribution < -0.4 is 21.9 Å². The Morgan fingerprint density at radius 2 is 2.24 bits per heavy atom. The summed E-state index contributed by atoms with van der Waals surface area (Å²) in [5.41, 5.74) is 11.7. The zero-order valence-electron chi connectivity index (χ0n) is 11.1. The van der Waals surface area contributed by atoms with Crippen molar-refractivity contribution in [2.75, 3.05) is 18.4 Å². The van der Waals surface area contributed by atoms with Crippen LogP contribution in [0.4, 0.5) is 11.5 Å². The summed E-state index contributed by atoms with van der Waals surface area (Å²) < 4.78 is 0.928. The van der Waals surface area contributed by atoms with Crippen molar-refractivity contribution < 1.29 is 4.79 Å². The Morgan fingerprint density at radius 3 is 3.00 bits per heavy atom. The second-order valence-electron chi connectivity index (χ2n) is 4.09. The lowest BCUT2D eigenvalue weighted by molar-refractivity contribution is 0.0934. The molecule has 110 valence electrons. The Kier molecular flexibility index (Phi) is 5.61. The van der Waals surface area contributed by atoms with Crippen LogP contribution in [0.5, 0.6) is 0 Å². The molecule has 0 unspecified atom stereocenters. The number of hydrogen-bond donors (Lipinski definition) is 4. The van der Waals surface area contributed by atoms with Gasteiger partial charge >= 0.3 is 0 Å². The van der Waals surface area contributed by atoms with Gasteiger partial charge in [0.15, 0.2) is 0 Å². The number of rotatable bonds is 6. The Balaban J connectivity index is 2.15. The topological polar surface area (TPSA) is 105 Å². The first-order chi connectivity index (χ1) is 10.2. The fourth-order valence-corrected chi connectivity index (χ4v) is 1.98. The largest absolute Gasteiger partial charge is 0.339 e. The lowest BCUT2D eigenvalue weighted by atomic mass is 10.2. The molecule has 5 N–H and O–H groups in total. The van der Waals surface area contributed by atoms with Gasteiger partial charge in [0.05, 0.1) is 0 Å². The highest BCUT2D eigenvalue weighted by Gasteiger charge is 2.12. The Hall–Kier alpha value is -2.03. The van der Waals surface area contributed by atoms with E-state index < -0.39 is 0 Å². The molecule has 7 nitrogen and oxygen atoms in total. The monoisotopic (exact) mass is 350 g/mol. The number of carbonyl (C=O) groups excluding carboxylic acids is 1. The summed E-state index contributed by atoms with van der Waals surface area (Å²) in [4.78, 5) is 20.0. The van der Waals surface area contributed by atoms with E-state index in [2.05, 4.69) is 42.1 Å². The lowest BCUT2D eigenvalue weighted by Gasteiger charge is -2.11. The van der Waals surface area contributed by atoms with Crippen molar-refractivity contribution in [1.82, 2.24) is 20.8 Å². The van der Waals surface area contributed by atoms with Gasteiger partial charge in [-0.2, -0.15) is 0 Å². The third-order valence-corrected chi connectivity index (χ3v) is 3.01. The van der Waals surface area contributed by atoms with E-state index in [-0.39, 0.29) is 5.91 Å². The molecule has 0 saturated carbocycles. The molecule has 2 aromatic rings. The van der Waals surface area contributed by atoms with Crippen molar-refractivity contribution in [2.45, 2.75) is 0 Å². The van der Waals surface area contributed by atoms with E-state index in [0.717, 1.165) is 10.2 Å². The third-order valence-electron chi connectivity index (χ3n) is 2.52. The van der Waals surface area contributed by atoms with Crippen LogP contribution >= 0.6 is 15.9 Å². The fourth-order valence-electron chi connectivity index (χ4n) is 1.58. The van der Waals surface area contributed by atoms with Crippen molar-refractivity contribution in [3.63, 3.8) is 0 Å². The second kappa shape index (κ2) is 7.67. The van der Waals surface area contributed by atoms with Gasteiger partial charge in [-0.1, -0.05) is 22.0 Å². The number of anilines is 2. The molecule has 0 saturated heterocycles. The number of benzene rings is 1.